The van der Waals surface area contributed by atoms with E-state index in [1.165, 1.54) is 6.20 Å². The van der Waals surface area contributed by atoms with Crippen LogP contribution in [0.25, 0.3) is 11.0 Å². The van der Waals surface area contributed by atoms with Crippen LogP contribution in [0.15, 0.2) is 11.0 Å². The molecule has 0 aliphatic carbocycles. The van der Waals surface area contributed by atoms with Gasteiger partial charge in [-0.1, -0.05) is 0 Å². The van der Waals surface area contributed by atoms with Gasteiger partial charge in [-0.3, -0.25) is 14.6 Å². The lowest BCUT2D eigenvalue weighted by Crippen LogP contribution is -2.11. The standard InChI is InChI=1S/C7H6N4O2/c8-7-10-5-4(6(13)11-7)3(2-12)1-9-5/h1-2H,(H4,8,9,10,11,13). The third kappa shape index (κ3) is 0.994. The van der Waals surface area contributed by atoms with Gasteiger partial charge in [0.1, 0.15) is 5.65 Å². The van der Waals surface area contributed by atoms with Crippen molar-refractivity contribution in [3.8, 4) is 0 Å². The molecule has 0 aromatic carbocycles. The number of fused-ring (bicyclic) bond motifs is 1. The van der Waals surface area contributed by atoms with E-state index in [9.17, 15) is 9.59 Å². The quantitative estimate of drug-likeness (QED) is 0.519. The van der Waals surface area contributed by atoms with E-state index in [1.807, 2.05) is 0 Å². The van der Waals surface area contributed by atoms with Gasteiger partial charge in [0.2, 0.25) is 5.95 Å². The minimum atomic E-state index is -0.411. The first-order chi connectivity index (χ1) is 6.22. The maximum Gasteiger partial charge on any atom is 0.262 e. The molecule has 66 valence electrons. The summed E-state index contributed by atoms with van der Waals surface area (Å²) in [5, 5.41) is 0.240. The molecule has 0 fully saturated rings. The topological polar surface area (TPSA) is 105 Å². The highest BCUT2D eigenvalue weighted by Gasteiger charge is 2.08. The van der Waals surface area contributed by atoms with Gasteiger partial charge in [0.05, 0.1) is 5.39 Å². The second-order valence-corrected chi connectivity index (χ2v) is 2.54. The predicted octanol–water partition coefficient (Wildman–Crippen LogP) is -0.354. The lowest BCUT2D eigenvalue weighted by molar-refractivity contribution is 0.112. The van der Waals surface area contributed by atoms with E-state index in [4.69, 9.17) is 5.73 Å². The first-order valence-electron chi connectivity index (χ1n) is 3.54. The summed E-state index contributed by atoms with van der Waals surface area (Å²) in [5.74, 6) is 0.0248. The summed E-state index contributed by atoms with van der Waals surface area (Å²) in [6.45, 7) is 0. The molecule has 2 heterocycles. The Morgan fingerprint density at radius 2 is 2.31 bits per heavy atom. The van der Waals surface area contributed by atoms with E-state index >= 15 is 0 Å². The van der Waals surface area contributed by atoms with Crippen molar-refractivity contribution in [2.45, 2.75) is 0 Å². The van der Waals surface area contributed by atoms with Crippen LogP contribution in [0.2, 0.25) is 0 Å². The minimum Gasteiger partial charge on any atom is -0.369 e. The van der Waals surface area contributed by atoms with Crippen LogP contribution in [0, 0.1) is 0 Å². The van der Waals surface area contributed by atoms with Crippen LogP contribution in [-0.4, -0.2) is 21.2 Å². The number of carbonyl (C=O) groups is 1. The third-order valence-electron chi connectivity index (χ3n) is 1.72. The summed E-state index contributed by atoms with van der Waals surface area (Å²) < 4.78 is 0. The van der Waals surface area contributed by atoms with E-state index in [2.05, 4.69) is 15.0 Å². The number of hydrogen-bond acceptors (Lipinski definition) is 4. The zero-order chi connectivity index (χ0) is 9.42. The van der Waals surface area contributed by atoms with Crippen LogP contribution in [0.5, 0.6) is 0 Å². The fourth-order valence-corrected chi connectivity index (χ4v) is 1.17. The predicted molar refractivity (Wildman–Crippen MR) is 46.5 cm³/mol. The SMILES string of the molecule is Nc1nc2[nH]cc(C=O)c2c(=O)[nH]1. The first-order valence-corrected chi connectivity index (χ1v) is 3.54. The molecule has 0 unspecified atom stereocenters. The molecule has 0 saturated heterocycles. The number of nitrogens with one attached hydrogen (secondary N) is 2. The van der Waals surface area contributed by atoms with E-state index in [-0.39, 0.29) is 16.9 Å². The number of aldehydes is 1. The number of hydrogen-bond donors (Lipinski definition) is 3. The number of rotatable bonds is 1. The molecular weight excluding hydrogens is 172 g/mol. The summed E-state index contributed by atoms with van der Waals surface area (Å²) in [7, 11) is 0. The number of nitrogens with two attached hydrogens (primary N) is 1. The second-order valence-electron chi connectivity index (χ2n) is 2.54. The summed E-state index contributed by atoms with van der Waals surface area (Å²) in [6.07, 6.45) is 2.01. The highest BCUT2D eigenvalue weighted by molar-refractivity contribution is 5.95. The molecule has 2 rings (SSSR count). The average molecular weight is 178 g/mol. The Morgan fingerprint density at radius 3 is 3.00 bits per heavy atom. The Morgan fingerprint density at radius 1 is 1.54 bits per heavy atom. The first kappa shape index (κ1) is 7.53. The van der Waals surface area contributed by atoms with Crippen molar-refractivity contribution < 1.29 is 4.79 Å². The maximum atomic E-state index is 11.3. The number of nitrogen functional groups attached to an aromatic ring is 1. The van der Waals surface area contributed by atoms with E-state index in [0.29, 0.717) is 11.9 Å². The van der Waals surface area contributed by atoms with Gasteiger partial charge >= 0.3 is 0 Å². The minimum absolute atomic E-state index is 0.0248. The van der Waals surface area contributed by atoms with Crippen molar-refractivity contribution in [2.24, 2.45) is 0 Å². The number of anilines is 1. The lowest BCUT2D eigenvalue weighted by Gasteiger charge is -1.91. The van der Waals surface area contributed by atoms with Crippen molar-refractivity contribution >= 4 is 23.3 Å². The van der Waals surface area contributed by atoms with Gasteiger partial charge < -0.3 is 10.7 Å². The van der Waals surface area contributed by atoms with E-state index in [0.717, 1.165) is 0 Å². The zero-order valence-corrected chi connectivity index (χ0v) is 6.50. The molecule has 0 amide bonds. The molecule has 0 radical (unpaired) electrons. The number of aromatic nitrogens is 3. The molecule has 2 aromatic heterocycles. The van der Waals surface area contributed by atoms with Gasteiger partial charge in [-0.2, -0.15) is 4.98 Å². The van der Waals surface area contributed by atoms with Crippen molar-refractivity contribution in [1.82, 2.24) is 15.0 Å². The summed E-state index contributed by atoms with van der Waals surface area (Å²) >= 11 is 0. The molecule has 4 N–H and O–H groups in total. The van der Waals surface area contributed by atoms with Gasteiger partial charge in [0.15, 0.2) is 6.29 Å². The summed E-state index contributed by atoms with van der Waals surface area (Å²) in [4.78, 5) is 30.6. The monoisotopic (exact) mass is 178 g/mol. The molecule has 0 saturated carbocycles. The van der Waals surface area contributed by atoms with Crippen molar-refractivity contribution in [1.29, 1.82) is 0 Å². The molecule has 13 heavy (non-hydrogen) atoms. The number of nitrogens with zero attached hydrogens (tertiary/aromatic N) is 1. The maximum absolute atomic E-state index is 11.3. The number of H-pyrrole nitrogens is 2. The molecule has 0 aliphatic heterocycles. The smallest absolute Gasteiger partial charge is 0.262 e. The lowest BCUT2D eigenvalue weighted by atomic mass is 10.3. The molecule has 6 heteroatoms. The molecule has 6 nitrogen and oxygen atoms in total. The Bertz CT molecular complexity index is 525. The van der Waals surface area contributed by atoms with Crippen molar-refractivity contribution in [3.63, 3.8) is 0 Å². The average Bonchev–Trinajstić information content (AvgIpc) is 2.47. The highest BCUT2D eigenvalue weighted by atomic mass is 16.1. The van der Waals surface area contributed by atoms with Crippen molar-refractivity contribution in [3.05, 3.63) is 22.1 Å². The Labute approximate surface area is 71.8 Å². The third-order valence-corrected chi connectivity index (χ3v) is 1.72. The van der Waals surface area contributed by atoms with Gasteiger partial charge in [-0.15, -0.1) is 0 Å². The largest absolute Gasteiger partial charge is 0.369 e. The van der Waals surface area contributed by atoms with Crippen LogP contribution in [0.3, 0.4) is 0 Å². The van der Waals surface area contributed by atoms with Crippen molar-refractivity contribution in [2.75, 3.05) is 5.73 Å². The van der Waals surface area contributed by atoms with Crippen LogP contribution in [-0.2, 0) is 0 Å². The molecule has 0 atom stereocenters. The van der Waals surface area contributed by atoms with Crippen LogP contribution >= 0.6 is 0 Å². The van der Waals surface area contributed by atoms with Gasteiger partial charge in [-0.05, 0) is 0 Å². The normalized spacial score (nSPS) is 10.5. The Kier molecular flexibility index (Phi) is 1.42. The zero-order valence-electron chi connectivity index (χ0n) is 6.50. The second kappa shape index (κ2) is 2.44. The Balaban J connectivity index is 2.98. The fourth-order valence-electron chi connectivity index (χ4n) is 1.17. The fraction of sp³-hybridized carbons (Fsp3) is 0. The molecular formula is C7H6N4O2. The summed E-state index contributed by atoms with van der Waals surface area (Å²) in [5.41, 5.74) is 5.49. The molecule has 0 bridgehead atoms. The van der Waals surface area contributed by atoms with Gasteiger partial charge in [-0.25, -0.2) is 0 Å². The molecule has 0 aliphatic rings. The number of carbonyl (C=O) groups excluding carboxylic acids is 1. The summed E-state index contributed by atoms with van der Waals surface area (Å²) in [6, 6.07) is 0. The number of aromatic amines is 2. The van der Waals surface area contributed by atoms with Crippen LogP contribution in [0.4, 0.5) is 5.95 Å². The molecule has 2 aromatic rings. The molecule has 0 spiro atoms. The van der Waals surface area contributed by atoms with Gasteiger partial charge in [0, 0.05) is 11.8 Å². The van der Waals surface area contributed by atoms with Crippen LogP contribution in [0.1, 0.15) is 10.4 Å². The van der Waals surface area contributed by atoms with E-state index in [1.54, 1.807) is 0 Å². The van der Waals surface area contributed by atoms with Crippen LogP contribution < -0.4 is 11.3 Å². The van der Waals surface area contributed by atoms with Gasteiger partial charge in [0.25, 0.3) is 5.56 Å². The van der Waals surface area contributed by atoms with E-state index < -0.39 is 5.56 Å². The highest BCUT2D eigenvalue weighted by Crippen LogP contribution is 2.09. The Hall–Kier alpha value is -2.11.